The number of nitrogens with one attached hydrogen (secondary N) is 2. The molecule has 0 radical (unpaired) electrons. The van der Waals surface area contributed by atoms with Crippen LogP contribution in [0.2, 0.25) is 0 Å². The Labute approximate surface area is 263 Å². The van der Waals surface area contributed by atoms with Crippen LogP contribution in [-0.2, 0) is 4.74 Å². The number of anilines is 1. The highest BCUT2D eigenvalue weighted by Crippen LogP contribution is 2.44. The minimum absolute atomic E-state index is 0.149. The second-order valence-corrected chi connectivity index (χ2v) is 13.2. The molecule has 0 fully saturated rings. The summed E-state index contributed by atoms with van der Waals surface area (Å²) in [5.41, 5.74) is 8.50. The predicted molar refractivity (Wildman–Crippen MR) is 160 cm³/mol. The third kappa shape index (κ3) is 6.88. The van der Waals surface area contributed by atoms with Crippen LogP contribution in [0.25, 0.3) is 16.7 Å². The number of hydrogen-bond donors (Lipinski definition) is 2. The van der Waals surface area contributed by atoms with Crippen molar-refractivity contribution in [2.75, 3.05) is 11.9 Å². The minimum atomic E-state index is -4.94. The molecule has 0 atom stereocenters. The van der Waals surface area contributed by atoms with Crippen LogP contribution in [0.5, 0.6) is 11.5 Å². The molecule has 0 saturated heterocycles. The normalized spacial score (nSPS) is 16.7. The molecule has 3 heterocycles. The van der Waals surface area contributed by atoms with Crippen molar-refractivity contribution >= 4 is 28.4 Å². The van der Waals surface area contributed by atoms with Gasteiger partial charge in [0.25, 0.3) is 0 Å². The van der Waals surface area contributed by atoms with E-state index in [1.165, 1.54) is 11.1 Å². The zero-order valence-electron chi connectivity index (χ0n) is 26.0. The van der Waals surface area contributed by atoms with Crippen molar-refractivity contribution < 1.29 is 48.1 Å². The van der Waals surface area contributed by atoms with E-state index in [1.807, 2.05) is 24.3 Å². The largest absolute Gasteiger partial charge is 0.458 e. The Morgan fingerprint density at radius 3 is 2.29 bits per heavy atom. The first-order valence-electron chi connectivity index (χ1n) is 14.3. The molecule has 3 aromatic rings. The van der Waals surface area contributed by atoms with E-state index < -0.39 is 10.2 Å². The van der Waals surface area contributed by atoms with Crippen LogP contribution in [0.3, 0.4) is 0 Å². The van der Waals surface area contributed by atoms with Gasteiger partial charge in [0, 0.05) is 53.1 Å². The van der Waals surface area contributed by atoms with Crippen molar-refractivity contribution in [1.29, 1.82) is 0 Å². The van der Waals surface area contributed by atoms with Crippen LogP contribution in [0.15, 0.2) is 73.3 Å². The summed E-state index contributed by atoms with van der Waals surface area (Å²) >= 11 is 0. The van der Waals surface area contributed by atoms with Crippen molar-refractivity contribution in [1.82, 2.24) is 0 Å². The molecule has 9 nitrogen and oxygen atoms in total. The second-order valence-electron chi connectivity index (χ2n) is 12.4. The number of esters is 1. The molecule has 2 N–H and O–H groups in total. The lowest BCUT2D eigenvalue weighted by Gasteiger charge is -2.33. The predicted octanol–water partition coefficient (Wildman–Crippen LogP) is 0.130. The lowest BCUT2D eigenvalue weighted by atomic mass is 9.84. The van der Waals surface area contributed by atoms with Crippen LogP contribution < -0.4 is 44.3 Å². The van der Waals surface area contributed by atoms with E-state index in [4.69, 9.17) is 28.1 Å². The molecular formula is C35H35ClN2O7. The maximum absolute atomic E-state index is 13.3. The molecule has 0 spiro atoms. The molecule has 0 amide bonds. The highest BCUT2D eigenvalue weighted by molar-refractivity contribution is 6.00. The number of carbonyl (C=O) groups is 1. The Kier molecular flexibility index (Phi) is 8.28. The van der Waals surface area contributed by atoms with Gasteiger partial charge in [-0.05, 0) is 68.7 Å². The quantitative estimate of drug-likeness (QED) is 0.238. The summed E-state index contributed by atoms with van der Waals surface area (Å²) in [6.45, 7) is 16.8. The lowest BCUT2D eigenvalue weighted by Crippen LogP contribution is -2.89. The molecule has 0 aliphatic carbocycles. The fraction of sp³-hybridized carbons (Fsp3) is 0.257. The van der Waals surface area contributed by atoms with Crippen molar-refractivity contribution in [2.24, 2.45) is 0 Å². The molecular weight excluding hydrogens is 596 g/mol. The van der Waals surface area contributed by atoms with E-state index in [0.717, 1.165) is 55.6 Å². The lowest BCUT2D eigenvalue weighted by molar-refractivity contribution is -2.00. The third-order valence-electron chi connectivity index (χ3n) is 7.66. The van der Waals surface area contributed by atoms with Crippen LogP contribution in [0, 0.1) is 10.2 Å². The fourth-order valence-corrected chi connectivity index (χ4v) is 6.23. The molecule has 0 bridgehead atoms. The summed E-state index contributed by atoms with van der Waals surface area (Å²) in [7, 11) is -4.94. The van der Waals surface area contributed by atoms with Gasteiger partial charge >= 0.3 is 5.97 Å². The van der Waals surface area contributed by atoms with Crippen LogP contribution in [-0.4, -0.2) is 23.7 Å². The highest BCUT2D eigenvalue weighted by Gasteiger charge is 2.31. The summed E-state index contributed by atoms with van der Waals surface area (Å²) in [6.07, 6.45) is 6.08. The number of halogens is 1. The first kappa shape index (κ1) is 32.2. The maximum Gasteiger partial charge on any atom is 0.339 e. The van der Waals surface area contributed by atoms with E-state index in [0.29, 0.717) is 5.56 Å². The molecule has 3 aliphatic rings. The van der Waals surface area contributed by atoms with E-state index in [9.17, 15) is 4.79 Å². The summed E-state index contributed by atoms with van der Waals surface area (Å²) in [4.78, 5) is 16.9. The first-order chi connectivity index (χ1) is 21.0. The molecule has 3 aromatic carbocycles. The average molecular weight is 631 g/mol. The number of hydrogen-bond acceptors (Lipinski definition) is 8. The number of rotatable bonds is 4. The second kappa shape index (κ2) is 11.6. The summed E-state index contributed by atoms with van der Waals surface area (Å²) in [5, 5.41) is 5.61. The molecule has 234 valence electrons. The topological polar surface area (TPSA) is 154 Å². The van der Waals surface area contributed by atoms with Gasteiger partial charge in [-0.3, -0.25) is 0 Å². The Balaban J connectivity index is 0.000000743. The number of fused-ring (bicyclic) bond motifs is 4. The van der Waals surface area contributed by atoms with E-state index in [-0.39, 0.29) is 23.7 Å². The number of allylic oxidation sites excluding steroid dienone is 2. The summed E-state index contributed by atoms with van der Waals surface area (Å²) in [6, 6.07) is 16.2. The Morgan fingerprint density at radius 1 is 0.933 bits per heavy atom. The molecule has 0 saturated carbocycles. The average Bonchev–Trinajstić information content (AvgIpc) is 2.91. The standard InChI is InChI=1S/C35H34N2O3.ClHO4/c1-8-13-39-33(38)23-12-10-9-11-22(23)32-26-14-24-20(2)18-34(4,5)36-28(24)16-30(26)40-31-17-29-25(15-27(31)32)21(3)19-35(6,7)37-29;2-1(3,4)5/h8-12,14-19,36H,1,13H2,2-7H3;(H,2,3,4,5). The van der Waals surface area contributed by atoms with Crippen LogP contribution in [0.4, 0.5) is 5.69 Å². The van der Waals surface area contributed by atoms with Crippen molar-refractivity contribution in [3.05, 3.63) is 112 Å². The van der Waals surface area contributed by atoms with Gasteiger partial charge in [-0.2, -0.15) is 0 Å². The summed E-state index contributed by atoms with van der Waals surface area (Å²) < 4.78 is 46.1. The van der Waals surface area contributed by atoms with E-state index in [2.05, 4.69) is 94.8 Å². The van der Waals surface area contributed by atoms with Crippen LogP contribution >= 0.6 is 0 Å². The Hall–Kier alpha value is -4.25. The van der Waals surface area contributed by atoms with Gasteiger partial charge in [0.1, 0.15) is 18.1 Å². The van der Waals surface area contributed by atoms with Gasteiger partial charge in [0.15, 0.2) is 5.54 Å². The fourth-order valence-electron chi connectivity index (χ4n) is 6.23. The van der Waals surface area contributed by atoms with Gasteiger partial charge in [-0.25, -0.2) is 28.4 Å². The van der Waals surface area contributed by atoms with Crippen molar-refractivity contribution in [3.63, 3.8) is 0 Å². The number of benzene rings is 3. The highest BCUT2D eigenvalue weighted by atomic mass is 35.7. The molecule has 45 heavy (non-hydrogen) atoms. The molecule has 3 aliphatic heterocycles. The zero-order valence-corrected chi connectivity index (χ0v) is 26.8. The molecule has 0 unspecified atom stereocenters. The molecule has 0 aromatic heterocycles. The van der Waals surface area contributed by atoms with Gasteiger partial charge < -0.3 is 14.8 Å². The van der Waals surface area contributed by atoms with Gasteiger partial charge in [0.2, 0.25) is 5.36 Å². The van der Waals surface area contributed by atoms with Gasteiger partial charge in [-0.1, -0.05) is 36.9 Å². The van der Waals surface area contributed by atoms with Gasteiger partial charge in [0.05, 0.1) is 17.2 Å². The minimum Gasteiger partial charge on any atom is -0.458 e. The summed E-state index contributed by atoms with van der Waals surface area (Å²) in [5.74, 6) is 1.11. The Bertz CT molecular complexity index is 1910. The van der Waals surface area contributed by atoms with E-state index in [1.54, 1.807) is 6.08 Å². The van der Waals surface area contributed by atoms with Gasteiger partial charge in [-0.15, -0.1) is 10.2 Å². The van der Waals surface area contributed by atoms with Crippen molar-refractivity contribution in [3.8, 4) is 11.5 Å². The first-order valence-corrected chi connectivity index (χ1v) is 15.6. The smallest absolute Gasteiger partial charge is 0.339 e. The number of carbonyl (C=O) groups excluding carboxylic acids is 1. The molecule has 6 rings (SSSR count). The SMILES string of the molecule is C=CCOC(=O)c1ccccc1C1=c2cc3c(cc2Oc2cc4c(cc21)C(C)=CC(C)(C)N4)=[NH+]C(C)(C)C=C3C.[O-][Cl+3]([O-])([O-])[O-]. The Morgan fingerprint density at radius 2 is 1.60 bits per heavy atom. The molecule has 10 heteroatoms. The van der Waals surface area contributed by atoms with E-state index >= 15 is 0 Å². The maximum atomic E-state index is 13.3. The van der Waals surface area contributed by atoms with Crippen molar-refractivity contribution in [2.45, 2.75) is 52.6 Å². The monoisotopic (exact) mass is 630 g/mol. The zero-order chi connectivity index (χ0) is 32.9. The van der Waals surface area contributed by atoms with Crippen LogP contribution in [0.1, 0.15) is 74.2 Å². The third-order valence-corrected chi connectivity index (χ3v) is 7.66. The number of ether oxygens (including phenoxy) is 2.